The number of anilines is 1. The first-order chi connectivity index (χ1) is 11.8. The predicted octanol–water partition coefficient (Wildman–Crippen LogP) is 2.72. The van der Waals surface area contributed by atoms with Crippen LogP contribution in [0, 0.1) is 0 Å². The molecule has 1 aromatic carbocycles. The Hall–Kier alpha value is -2.76. The molecule has 2 aromatic heterocycles. The first-order valence-corrected chi connectivity index (χ1v) is 8.39. The number of aromatic nitrogens is 5. The average Bonchev–Trinajstić information content (AvgIpc) is 3.05. The number of nitrogens with zero attached hydrogens (tertiary/aromatic N) is 5. The maximum atomic E-state index is 4.65. The van der Waals surface area contributed by atoms with Gasteiger partial charge >= 0.3 is 0 Å². The molecular formula is C18H20N6. The zero-order valence-electron chi connectivity index (χ0n) is 13.7. The van der Waals surface area contributed by atoms with Crippen molar-refractivity contribution in [2.75, 3.05) is 5.32 Å². The Morgan fingerprint density at radius 3 is 2.88 bits per heavy atom. The fraction of sp³-hybridized carbons (Fsp3) is 0.333. The van der Waals surface area contributed by atoms with Gasteiger partial charge in [-0.15, -0.1) is 0 Å². The summed E-state index contributed by atoms with van der Waals surface area (Å²) in [5, 5.41) is 8.08. The number of rotatable bonds is 4. The van der Waals surface area contributed by atoms with Crippen molar-refractivity contribution >= 4 is 5.82 Å². The molecule has 1 atom stereocenters. The Kier molecular flexibility index (Phi) is 3.94. The van der Waals surface area contributed by atoms with Crippen LogP contribution < -0.4 is 5.32 Å². The molecule has 1 unspecified atom stereocenters. The first-order valence-electron chi connectivity index (χ1n) is 8.39. The van der Waals surface area contributed by atoms with Crippen molar-refractivity contribution in [1.29, 1.82) is 0 Å². The summed E-state index contributed by atoms with van der Waals surface area (Å²) >= 11 is 0. The molecule has 0 aliphatic carbocycles. The number of fused-ring (bicyclic) bond motifs is 1. The smallest absolute Gasteiger partial charge is 0.161 e. The molecule has 0 bridgehead atoms. The molecule has 0 saturated heterocycles. The standard InChI is InChI=1S/C18H20N6/c1-2-15-21-17-9-8-14(12-24(17)23-15)20-16-10-11-19-18(22-16)13-6-4-3-5-7-13/h3-7,10-11,14H,2,8-9,12H2,1H3,(H,19,20,22). The molecule has 0 spiro atoms. The van der Waals surface area contributed by atoms with Crippen LogP contribution in [0.25, 0.3) is 11.4 Å². The van der Waals surface area contributed by atoms with Crippen LogP contribution in [-0.4, -0.2) is 30.8 Å². The molecule has 6 heteroatoms. The summed E-state index contributed by atoms with van der Waals surface area (Å²) in [6, 6.07) is 12.3. The highest BCUT2D eigenvalue weighted by atomic mass is 15.4. The molecule has 1 N–H and O–H groups in total. The fourth-order valence-corrected chi connectivity index (χ4v) is 3.00. The van der Waals surface area contributed by atoms with Crippen LogP contribution >= 0.6 is 0 Å². The molecule has 1 aliphatic rings. The van der Waals surface area contributed by atoms with Gasteiger partial charge in [-0.3, -0.25) is 0 Å². The van der Waals surface area contributed by atoms with Crippen molar-refractivity contribution in [2.45, 2.75) is 38.8 Å². The van der Waals surface area contributed by atoms with E-state index >= 15 is 0 Å². The van der Waals surface area contributed by atoms with Crippen LogP contribution in [-0.2, 0) is 19.4 Å². The Morgan fingerprint density at radius 2 is 2.04 bits per heavy atom. The maximum absolute atomic E-state index is 4.65. The van der Waals surface area contributed by atoms with Crippen LogP contribution in [0.3, 0.4) is 0 Å². The molecule has 1 aliphatic heterocycles. The lowest BCUT2D eigenvalue weighted by Gasteiger charge is -2.24. The Bertz CT molecular complexity index is 827. The molecule has 0 saturated carbocycles. The molecule has 24 heavy (non-hydrogen) atoms. The van der Waals surface area contributed by atoms with Crippen LogP contribution in [0.4, 0.5) is 5.82 Å². The summed E-state index contributed by atoms with van der Waals surface area (Å²) in [5.74, 6) is 3.62. The lowest BCUT2D eigenvalue weighted by molar-refractivity contribution is 0.439. The second-order valence-electron chi connectivity index (χ2n) is 5.99. The fourth-order valence-electron chi connectivity index (χ4n) is 3.00. The van der Waals surface area contributed by atoms with Gasteiger partial charge in [-0.1, -0.05) is 37.3 Å². The van der Waals surface area contributed by atoms with Gasteiger partial charge in [0.25, 0.3) is 0 Å². The second kappa shape index (κ2) is 6.39. The molecule has 0 amide bonds. The van der Waals surface area contributed by atoms with Gasteiger partial charge in [0, 0.05) is 30.6 Å². The predicted molar refractivity (Wildman–Crippen MR) is 92.6 cm³/mol. The van der Waals surface area contributed by atoms with E-state index in [9.17, 15) is 0 Å². The highest BCUT2D eigenvalue weighted by molar-refractivity contribution is 5.56. The number of benzene rings is 1. The number of nitrogens with one attached hydrogen (secondary N) is 1. The third kappa shape index (κ3) is 2.99. The minimum Gasteiger partial charge on any atom is -0.365 e. The van der Waals surface area contributed by atoms with Gasteiger partial charge in [0.1, 0.15) is 11.6 Å². The zero-order valence-corrected chi connectivity index (χ0v) is 13.7. The van der Waals surface area contributed by atoms with E-state index in [0.29, 0.717) is 6.04 Å². The Balaban J connectivity index is 1.50. The molecule has 0 radical (unpaired) electrons. The summed E-state index contributed by atoms with van der Waals surface area (Å²) < 4.78 is 2.03. The summed E-state index contributed by atoms with van der Waals surface area (Å²) in [6.45, 7) is 2.91. The quantitative estimate of drug-likeness (QED) is 0.800. The molecular weight excluding hydrogens is 300 g/mol. The number of hydrogen-bond acceptors (Lipinski definition) is 5. The second-order valence-corrected chi connectivity index (χ2v) is 5.99. The van der Waals surface area contributed by atoms with Crippen LogP contribution in [0.5, 0.6) is 0 Å². The highest BCUT2D eigenvalue weighted by Gasteiger charge is 2.21. The van der Waals surface area contributed by atoms with Crippen molar-refractivity contribution in [2.24, 2.45) is 0 Å². The molecule has 122 valence electrons. The average molecular weight is 320 g/mol. The third-order valence-electron chi connectivity index (χ3n) is 4.26. The van der Waals surface area contributed by atoms with Crippen molar-refractivity contribution in [3.63, 3.8) is 0 Å². The van der Waals surface area contributed by atoms with Gasteiger partial charge in [-0.05, 0) is 12.5 Å². The van der Waals surface area contributed by atoms with E-state index in [2.05, 4.69) is 32.3 Å². The molecule has 3 aromatic rings. The van der Waals surface area contributed by atoms with Gasteiger partial charge in [-0.25, -0.2) is 19.6 Å². The van der Waals surface area contributed by atoms with Crippen LogP contribution in [0.15, 0.2) is 42.6 Å². The Morgan fingerprint density at radius 1 is 1.17 bits per heavy atom. The summed E-state index contributed by atoms with van der Waals surface area (Å²) in [6.07, 6.45) is 4.66. The SMILES string of the molecule is CCc1nc2n(n1)CC(Nc1ccnc(-c3ccccc3)n1)CC2. The van der Waals surface area contributed by atoms with Gasteiger partial charge in [0.2, 0.25) is 0 Å². The van der Waals surface area contributed by atoms with E-state index in [4.69, 9.17) is 0 Å². The Labute approximate surface area is 141 Å². The van der Waals surface area contributed by atoms with Crippen molar-refractivity contribution in [1.82, 2.24) is 24.7 Å². The van der Waals surface area contributed by atoms with Crippen LogP contribution in [0.2, 0.25) is 0 Å². The minimum absolute atomic E-state index is 0.308. The lowest BCUT2D eigenvalue weighted by Crippen LogP contribution is -2.32. The minimum atomic E-state index is 0.308. The molecule has 3 heterocycles. The van der Waals surface area contributed by atoms with E-state index in [1.807, 2.05) is 41.1 Å². The van der Waals surface area contributed by atoms with Crippen molar-refractivity contribution in [3.8, 4) is 11.4 Å². The number of aryl methyl sites for hydroxylation is 2. The lowest BCUT2D eigenvalue weighted by atomic mass is 10.1. The van der Waals surface area contributed by atoms with E-state index in [0.717, 1.165) is 54.7 Å². The summed E-state index contributed by atoms with van der Waals surface area (Å²) in [5.41, 5.74) is 1.02. The van der Waals surface area contributed by atoms with Gasteiger partial charge < -0.3 is 5.32 Å². The van der Waals surface area contributed by atoms with E-state index in [-0.39, 0.29) is 0 Å². The molecule has 4 rings (SSSR count). The van der Waals surface area contributed by atoms with E-state index < -0.39 is 0 Å². The van der Waals surface area contributed by atoms with Crippen molar-refractivity contribution < 1.29 is 0 Å². The van der Waals surface area contributed by atoms with Crippen LogP contribution in [0.1, 0.15) is 25.0 Å². The van der Waals surface area contributed by atoms with E-state index in [1.54, 1.807) is 6.20 Å². The van der Waals surface area contributed by atoms with Gasteiger partial charge in [0.15, 0.2) is 11.6 Å². The summed E-state index contributed by atoms with van der Waals surface area (Å²) in [7, 11) is 0. The van der Waals surface area contributed by atoms with Crippen molar-refractivity contribution in [3.05, 3.63) is 54.2 Å². The largest absolute Gasteiger partial charge is 0.365 e. The normalized spacial score (nSPS) is 16.6. The molecule has 6 nitrogen and oxygen atoms in total. The maximum Gasteiger partial charge on any atom is 0.161 e. The zero-order chi connectivity index (χ0) is 16.4. The van der Waals surface area contributed by atoms with Gasteiger partial charge in [-0.2, -0.15) is 5.10 Å². The van der Waals surface area contributed by atoms with E-state index in [1.165, 1.54) is 0 Å². The topological polar surface area (TPSA) is 68.5 Å². The third-order valence-corrected chi connectivity index (χ3v) is 4.26. The first kappa shape index (κ1) is 14.8. The summed E-state index contributed by atoms with van der Waals surface area (Å²) in [4.78, 5) is 13.6. The molecule has 0 fully saturated rings. The highest BCUT2D eigenvalue weighted by Crippen LogP contribution is 2.19. The van der Waals surface area contributed by atoms with Gasteiger partial charge in [0.05, 0.1) is 6.54 Å². The monoisotopic (exact) mass is 320 g/mol. The number of hydrogen-bond donors (Lipinski definition) is 1.